The highest BCUT2D eigenvalue weighted by Gasteiger charge is 2.68. The summed E-state index contributed by atoms with van der Waals surface area (Å²) in [6.45, 7) is 11.2. The largest absolute Gasteiger partial charge is 0.481 e. The maximum Gasteiger partial charge on any atom is 0.481 e. The van der Waals surface area contributed by atoms with Crippen LogP contribution in [0.3, 0.4) is 0 Å². The number of nitrogens with zero attached hydrogens (tertiary/aromatic N) is 2. The molecule has 3 heterocycles. The van der Waals surface area contributed by atoms with Gasteiger partial charge in [-0.15, -0.1) is 0 Å². The molecule has 2 aromatic rings. The highest BCUT2D eigenvalue weighted by Crippen LogP contribution is 2.65. The van der Waals surface area contributed by atoms with E-state index >= 15 is 0 Å². The van der Waals surface area contributed by atoms with Gasteiger partial charge in [0.15, 0.2) is 0 Å². The Morgan fingerprint density at radius 2 is 1.95 bits per heavy atom. The number of benzene rings is 1. The zero-order valence-corrected chi connectivity index (χ0v) is 26.0. The Morgan fingerprint density at radius 1 is 1.16 bits per heavy atom. The Hall–Kier alpha value is -3.02. The zero-order valence-electron chi connectivity index (χ0n) is 26.0. The Balaban J connectivity index is 1.12. The Labute approximate surface area is 253 Å². The van der Waals surface area contributed by atoms with Crippen LogP contribution in [-0.2, 0) is 23.7 Å². The van der Waals surface area contributed by atoms with Gasteiger partial charge in [-0.3, -0.25) is 14.6 Å². The molecule has 2 amide bonds. The van der Waals surface area contributed by atoms with E-state index in [2.05, 4.69) is 55.4 Å². The van der Waals surface area contributed by atoms with E-state index in [-0.39, 0.29) is 54.4 Å². The molecule has 2 bridgehead atoms. The van der Waals surface area contributed by atoms with E-state index in [1.54, 1.807) is 6.20 Å². The van der Waals surface area contributed by atoms with Crippen molar-refractivity contribution in [2.75, 3.05) is 20.3 Å². The number of oxime groups is 1. The average Bonchev–Trinajstić information content (AvgIpc) is 3.56. The fourth-order valence-corrected chi connectivity index (χ4v) is 7.82. The van der Waals surface area contributed by atoms with Gasteiger partial charge in [-0.1, -0.05) is 57.1 Å². The van der Waals surface area contributed by atoms with Crippen LogP contribution in [0, 0.1) is 23.2 Å². The van der Waals surface area contributed by atoms with Crippen molar-refractivity contribution in [2.45, 2.75) is 83.5 Å². The van der Waals surface area contributed by atoms with Crippen molar-refractivity contribution in [1.82, 2.24) is 15.6 Å². The van der Waals surface area contributed by atoms with Crippen molar-refractivity contribution in [3.05, 3.63) is 42.2 Å². The number of aromatic nitrogens is 1. The van der Waals surface area contributed by atoms with Crippen LogP contribution >= 0.6 is 0 Å². The Morgan fingerprint density at radius 3 is 2.70 bits per heavy atom. The number of hydrogen-bond acceptors (Lipinski definition) is 8. The minimum Gasteiger partial charge on any atom is -0.404 e. The molecule has 5 aliphatic rings. The van der Waals surface area contributed by atoms with E-state index in [4.69, 9.17) is 18.9 Å². The lowest BCUT2D eigenvalue weighted by Gasteiger charge is -2.64. The minimum atomic E-state index is -1.36. The van der Waals surface area contributed by atoms with Crippen molar-refractivity contribution in [1.29, 1.82) is 0 Å². The lowest BCUT2D eigenvalue weighted by Crippen LogP contribution is -2.65. The number of amides is 2. The van der Waals surface area contributed by atoms with E-state index in [9.17, 15) is 9.59 Å². The van der Waals surface area contributed by atoms with Crippen molar-refractivity contribution in [3.63, 3.8) is 0 Å². The van der Waals surface area contributed by atoms with Gasteiger partial charge in [0.25, 0.3) is 11.8 Å². The molecule has 1 unspecified atom stereocenters. The number of rotatable bonds is 10. The third-order valence-electron chi connectivity index (χ3n) is 10.3. The molecule has 1 aromatic carbocycles. The summed E-state index contributed by atoms with van der Waals surface area (Å²) in [7, 11) is 0.976. The second-order valence-electron chi connectivity index (χ2n) is 14.0. The maximum absolute atomic E-state index is 13.9. The molecule has 10 nitrogen and oxygen atoms in total. The summed E-state index contributed by atoms with van der Waals surface area (Å²) in [6, 6.07) is 9.46. The summed E-state index contributed by atoms with van der Waals surface area (Å²) in [4.78, 5) is 37.0. The van der Waals surface area contributed by atoms with Gasteiger partial charge in [-0.05, 0) is 60.8 Å². The van der Waals surface area contributed by atoms with Crippen LogP contribution in [0.1, 0.15) is 70.8 Å². The summed E-state index contributed by atoms with van der Waals surface area (Å²) < 4.78 is 18.7. The normalized spacial score (nSPS) is 31.2. The molecule has 3 aliphatic carbocycles. The fourth-order valence-electron chi connectivity index (χ4n) is 7.82. The van der Waals surface area contributed by atoms with Gasteiger partial charge in [0.05, 0.1) is 36.5 Å². The van der Waals surface area contributed by atoms with Gasteiger partial charge in [0, 0.05) is 25.1 Å². The number of methoxy groups -OCH3 is 1. The maximum atomic E-state index is 13.9. The fraction of sp³-hybridized carbons (Fsp3) is 0.625. The SMILES string of the molecule is COCC1(C(=O)N[C@@H](CC(C)C)B2O[C@@H]3C[C@@H]4C[C@@H](C4(C)C)[C@]3(C)O2)CC(CNC(=O)c2nccc3ccccc23)=NO1. The van der Waals surface area contributed by atoms with E-state index in [1.165, 1.54) is 7.11 Å². The van der Waals surface area contributed by atoms with Gasteiger partial charge < -0.3 is 29.5 Å². The lowest BCUT2D eigenvalue weighted by atomic mass is 9.43. The number of fused-ring (bicyclic) bond motifs is 1. The number of hydrogen-bond donors (Lipinski definition) is 2. The first-order valence-corrected chi connectivity index (χ1v) is 15.5. The van der Waals surface area contributed by atoms with E-state index in [1.807, 2.05) is 30.3 Å². The molecule has 3 saturated carbocycles. The number of pyridine rings is 1. The molecule has 4 fully saturated rings. The second kappa shape index (κ2) is 11.2. The van der Waals surface area contributed by atoms with Crippen molar-refractivity contribution < 1.29 is 28.5 Å². The van der Waals surface area contributed by atoms with Crippen LogP contribution in [0.2, 0.25) is 0 Å². The number of ether oxygens (including phenoxy) is 1. The summed E-state index contributed by atoms with van der Waals surface area (Å²) in [5, 5.41) is 12.0. The van der Waals surface area contributed by atoms with Gasteiger partial charge in [0.2, 0.25) is 5.60 Å². The molecular formula is C32H43BN4O6. The molecule has 43 heavy (non-hydrogen) atoms. The number of nitrogens with one attached hydrogen (secondary N) is 2. The summed E-state index contributed by atoms with van der Waals surface area (Å²) >= 11 is 0. The Bertz CT molecular complexity index is 1430. The van der Waals surface area contributed by atoms with Gasteiger partial charge in [-0.25, -0.2) is 0 Å². The van der Waals surface area contributed by atoms with Crippen LogP contribution in [0.5, 0.6) is 0 Å². The second-order valence-corrected chi connectivity index (χ2v) is 14.0. The molecule has 11 heteroatoms. The molecule has 0 radical (unpaired) electrons. The monoisotopic (exact) mass is 590 g/mol. The first-order chi connectivity index (χ1) is 20.5. The lowest BCUT2D eigenvalue weighted by molar-refractivity contribution is -0.199. The van der Waals surface area contributed by atoms with E-state index in [0.29, 0.717) is 35.6 Å². The molecule has 1 aromatic heterocycles. The Kier molecular flexibility index (Phi) is 7.80. The number of carbonyl (C=O) groups excluding carboxylic acids is 2. The van der Waals surface area contributed by atoms with E-state index < -0.39 is 12.7 Å². The zero-order chi connectivity index (χ0) is 30.6. The first-order valence-electron chi connectivity index (χ1n) is 15.5. The predicted octanol–water partition coefficient (Wildman–Crippen LogP) is 3.92. The summed E-state index contributed by atoms with van der Waals surface area (Å²) in [5.41, 5.74) is -0.630. The first kappa shape index (κ1) is 30.0. The molecule has 230 valence electrons. The third kappa shape index (κ3) is 5.23. The molecule has 2 N–H and O–H groups in total. The summed E-state index contributed by atoms with van der Waals surface area (Å²) in [6.07, 6.45) is 4.64. The van der Waals surface area contributed by atoms with Crippen LogP contribution in [-0.4, -0.2) is 73.1 Å². The van der Waals surface area contributed by atoms with Gasteiger partial charge >= 0.3 is 7.12 Å². The standard InChI is InChI=1S/C32H43BN4O6/c1-19(2)13-26(33-41-25-15-21-14-24(30(21,3)4)31(25,5)42-33)36-29(39)32(18-40-6)16-22(37-43-32)17-35-28(38)27-23-10-8-7-9-20(23)11-12-34-27/h7-12,19,21,24-26H,13-18H2,1-6H3,(H,35,38)(H,36,39)/t21-,24-,25+,26-,31-,32?/m0/s1. The topological polar surface area (TPSA) is 120 Å². The summed E-state index contributed by atoms with van der Waals surface area (Å²) in [5.74, 6) is 0.339. The quantitative estimate of drug-likeness (QED) is 0.403. The van der Waals surface area contributed by atoms with Crippen LogP contribution in [0.15, 0.2) is 41.7 Å². The molecule has 2 aliphatic heterocycles. The molecule has 0 spiro atoms. The van der Waals surface area contributed by atoms with Crippen LogP contribution in [0.4, 0.5) is 0 Å². The van der Waals surface area contributed by atoms with Crippen molar-refractivity contribution in [3.8, 4) is 0 Å². The minimum absolute atomic E-state index is 0.00369. The average molecular weight is 591 g/mol. The molecule has 7 rings (SSSR count). The van der Waals surface area contributed by atoms with Crippen LogP contribution < -0.4 is 10.6 Å². The molecular weight excluding hydrogens is 547 g/mol. The number of carbonyl (C=O) groups is 2. The molecule has 6 atom stereocenters. The van der Waals surface area contributed by atoms with Gasteiger partial charge in [-0.2, -0.15) is 0 Å². The van der Waals surface area contributed by atoms with Gasteiger partial charge in [0.1, 0.15) is 5.69 Å². The highest BCUT2D eigenvalue weighted by molar-refractivity contribution is 6.48. The van der Waals surface area contributed by atoms with Crippen LogP contribution in [0.25, 0.3) is 10.8 Å². The third-order valence-corrected chi connectivity index (χ3v) is 10.3. The highest BCUT2D eigenvalue weighted by atomic mass is 16.7. The van der Waals surface area contributed by atoms with Crippen molar-refractivity contribution >= 4 is 35.4 Å². The molecule has 1 saturated heterocycles. The van der Waals surface area contributed by atoms with Crippen molar-refractivity contribution in [2.24, 2.45) is 28.3 Å². The van der Waals surface area contributed by atoms with E-state index in [0.717, 1.165) is 23.6 Å². The predicted molar refractivity (Wildman–Crippen MR) is 163 cm³/mol. The smallest absolute Gasteiger partial charge is 0.404 e.